The third-order valence-electron chi connectivity index (χ3n) is 3.20. The molecule has 0 radical (unpaired) electrons. The molecule has 0 spiro atoms. The molecule has 0 aliphatic carbocycles. The summed E-state index contributed by atoms with van der Waals surface area (Å²) >= 11 is 6.40. The van der Waals surface area contributed by atoms with Gasteiger partial charge in [0, 0.05) is 20.1 Å². The van der Waals surface area contributed by atoms with E-state index >= 15 is 0 Å². The van der Waals surface area contributed by atoms with Gasteiger partial charge in [-0.05, 0) is 37.9 Å². The molecular formula is C17H29ClN2O. The second-order valence-electron chi connectivity index (χ2n) is 6.11. The van der Waals surface area contributed by atoms with Crippen molar-refractivity contribution in [2.24, 2.45) is 5.92 Å². The summed E-state index contributed by atoms with van der Waals surface area (Å²) in [7, 11) is 2.07. The minimum atomic E-state index is 0.261. The van der Waals surface area contributed by atoms with Gasteiger partial charge in [0.25, 0.3) is 0 Å². The lowest BCUT2D eigenvalue weighted by Gasteiger charge is -2.24. The molecular weight excluding hydrogens is 284 g/mol. The zero-order valence-electron chi connectivity index (χ0n) is 13.9. The molecule has 0 aliphatic heterocycles. The highest BCUT2D eigenvalue weighted by atomic mass is 35.5. The van der Waals surface area contributed by atoms with E-state index in [1.807, 2.05) is 12.1 Å². The Labute approximate surface area is 134 Å². The Morgan fingerprint density at radius 2 is 1.95 bits per heavy atom. The first-order valence-corrected chi connectivity index (χ1v) is 8.10. The zero-order valence-corrected chi connectivity index (χ0v) is 14.7. The molecule has 0 amide bonds. The van der Waals surface area contributed by atoms with Crippen LogP contribution in [0.5, 0.6) is 0 Å². The quantitative estimate of drug-likeness (QED) is 0.747. The van der Waals surface area contributed by atoms with Crippen molar-refractivity contribution in [2.75, 3.05) is 31.6 Å². The van der Waals surface area contributed by atoms with Crippen LogP contribution in [0.25, 0.3) is 0 Å². The SMILES string of the molecule is CC(C)CNCc1cccc(Cl)c1N(C)CCOC(C)C. The minimum absolute atomic E-state index is 0.261. The number of rotatable bonds is 9. The number of benzene rings is 1. The zero-order chi connectivity index (χ0) is 15.8. The first-order chi connectivity index (χ1) is 9.91. The first-order valence-electron chi connectivity index (χ1n) is 7.72. The number of hydrogen-bond donors (Lipinski definition) is 1. The molecule has 0 aromatic heterocycles. The van der Waals surface area contributed by atoms with E-state index in [2.05, 4.69) is 51.0 Å². The maximum atomic E-state index is 6.40. The number of nitrogens with one attached hydrogen (secondary N) is 1. The summed E-state index contributed by atoms with van der Waals surface area (Å²) in [4.78, 5) is 2.18. The topological polar surface area (TPSA) is 24.5 Å². The van der Waals surface area contributed by atoms with E-state index in [9.17, 15) is 0 Å². The van der Waals surface area contributed by atoms with Crippen LogP contribution in [0.15, 0.2) is 18.2 Å². The standard InChI is InChI=1S/C17H29ClN2O/c1-13(2)11-19-12-15-7-6-8-16(18)17(15)20(5)9-10-21-14(3)4/h6-8,13-14,19H,9-12H2,1-5H3. The van der Waals surface area contributed by atoms with E-state index in [0.29, 0.717) is 12.5 Å². The van der Waals surface area contributed by atoms with Crippen molar-refractivity contribution in [3.05, 3.63) is 28.8 Å². The average Bonchev–Trinajstić information content (AvgIpc) is 2.37. The third kappa shape index (κ3) is 6.68. The van der Waals surface area contributed by atoms with Crippen LogP contribution in [0, 0.1) is 5.92 Å². The molecule has 1 aromatic rings. The number of likely N-dealkylation sites (N-methyl/N-ethyl adjacent to an activating group) is 1. The molecule has 0 aliphatic rings. The van der Waals surface area contributed by atoms with Crippen molar-refractivity contribution < 1.29 is 4.74 Å². The van der Waals surface area contributed by atoms with Gasteiger partial charge in [-0.2, -0.15) is 0 Å². The lowest BCUT2D eigenvalue weighted by Crippen LogP contribution is -2.27. The number of ether oxygens (including phenoxy) is 1. The van der Waals surface area contributed by atoms with Crippen molar-refractivity contribution in [3.63, 3.8) is 0 Å². The lowest BCUT2D eigenvalue weighted by molar-refractivity contribution is 0.0846. The Balaban J connectivity index is 2.69. The van der Waals surface area contributed by atoms with Crippen molar-refractivity contribution in [3.8, 4) is 0 Å². The van der Waals surface area contributed by atoms with Crippen LogP contribution in [0.1, 0.15) is 33.3 Å². The van der Waals surface area contributed by atoms with E-state index in [0.717, 1.165) is 30.3 Å². The monoisotopic (exact) mass is 312 g/mol. The van der Waals surface area contributed by atoms with Gasteiger partial charge >= 0.3 is 0 Å². The summed E-state index contributed by atoms with van der Waals surface area (Å²) in [6.45, 7) is 11.9. The van der Waals surface area contributed by atoms with Crippen LogP contribution < -0.4 is 10.2 Å². The number of anilines is 1. The number of nitrogens with zero attached hydrogens (tertiary/aromatic N) is 1. The highest BCUT2D eigenvalue weighted by Gasteiger charge is 2.12. The Morgan fingerprint density at radius 1 is 1.24 bits per heavy atom. The van der Waals surface area contributed by atoms with Crippen molar-refractivity contribution >= 4 is 17.3 Å². The smallest absolute Gasteiger partial charge is 0.0644 e. The molecule has 3 nitrogen and oxygen atoms in total. The summed E-state index contributed by atoms with van der Waals surface area (Å²) in [5, 5.41) is 4.28. The summed E-state index contributed by atoms with van der Waals surface area (Å²) in [5.41, 5.74) is 2.33. The van der Waals surface area contributed by atoms with E-state index in [1.165, 1.54) is 5.56 Å². The minimum Gasteiger partial charge on any atom is -0.377 e. The van der Waals surface area contributed by atoms with Crippen molar-refractivity contribution in [1.29, 1.82) is 0 Å². The summed E-state index contributed by atoms with van der Waals surface area (Å²) in [6, 6.07) is 6.09. The summed E-state index contributed by atoms with van der Waals surface area (Å²) in [6.07, 6.45) is 0.261. The molecule has 21 heavy (non-hydrogen) atoms. The van der Waals surface area contributed by atoms with E-state index in [-0.39, 0.29) is 6.10 Å². The Hall–Kier alpha value is -0.770. The molecule has 1 aromatic carbocycles. The van der Waals surface area contributed by atoms with Crippen LogP contribution in [0.2, 0.25) is 5.02 Å². The fourth-order valence-corrected chi connectivity index (χ4v) is 2.50. The molecule has 0 heterocycles. The number of halogens is 1. The Morgan fingerprint density at radius 3 is 2.57 bits per heavy atom. The molecule has 0 saturated carbocycles. The van der Waals surface area contributed by atoms with Gasteiger partial charge in [-0.1, -0.05) is 37.6 Å². The number of hydrogen-bond acceptors (Lipinski definition) is 3. The maximum absolute atomic E-state index is 6.40. The van der Waals surface area contributed by atoms with Crippen molar-refractivity contribution in [1.82, 2.24) is 5.32 Å². The van der Waals surface area contributed by atoms with Gasteiger partial charge in [0.2, 0.25) is 0 Å². The van der Waals surface area contributed by atoms with Gasteiger partial charge in [0.15, 0.2) is 0 Å². The second-order valence-corrected chi connectivity index (χ2v) is 6.52. The van der Waals surface area contributed by atoms with Gasteiger partial charge in [0.1, 0.15) is 0 Å². The van der Waals surface area contributed by atoms with Crippen LogP contribution in [-0.4, -0.2) is 32.8 Å². The highest BCUT2D eigenvalue weighted by Crippen LogP contribution is 2.29. The van der Waals surface area contributed by atoms with Crippen LogP contribution in [-0.2, 0) is 11.3 Å². The highest BCUT2D eigenvalue weighted by molar-refractivity contribution is 6.33. The van der Waals surface area contributed by atoms with Gasteiger partial charge < -0.3 is 15.0 Å². The Bertz CT molecular complexity index is 421. The molecule has 1 rings (SSSR count). The Kier molecular flexibility index (Phi) is 8.09. The van der Waals surface area contributed by atoms with E-state index in [4.69, 9.17) is 16.3 Å². The van der Waals surface area contributed by atoms with Crippen LogP contribution >= 0.6 is 11.6 Å². The molecule has 0 saturated heterocycles. The summed E-state index contributed by atoms with van der Waals surface area (Å²) in [5.74, 6) is 0.643. The van der Waals surface area contributed by atoms with E-state index < -0.39 is 0 Å². The van der Waals surface area contributed by atoms with Gasteiger partial charge in [-0.15, -0.1) is 0 Å². The molecule has 0 unspecified atom stereocenters. The molecule has 1 N–H and O–H groups in total. The maximum Gasteiger partial charge on any atom is 0.0644 e. The molecule has 0 bridgehead atoms. The molecule has 0 atom stereocenters. The first kappa shape index (κ1) is 18.3. The van der Waals surface area contributed by atoms with Gasteiger partial charge in [0.05, 0.1) is 23.4 Å². The van der Waals surface area contributed by atoms with Crippen molar-refractivity contribution in [2.45, 2.75) is 40.3 Å². The van der Waals surface area contributed by atoms with Gasteiger partial charge in [-0.25, -0.2) is 0 Å². The summed E-state index contributed by atoms with van der Waals surface area (Å²) < 4.78 is 5.63. The molecule has 0 fully saturated rings. The third-order valence-corrected chi connectivity index (χ3v) is 3.50. The van der Waals surface area contributed by atoms with E-state index in [1.54, 1.807) is 0 Å². The van der Waals surface area contributed by atoms with Gasteiger partial charge in [-0.3, -0.25) is 0 Å². The fraction of sp³-hybridized carbons (Fsp3) is 0.647. The molecule has 120 valence electrons. The lowest BCUT2D eigenvalue weighted by atomic mass is 10.1. The fourth-order valence-electron chi connectivity index (χ4n) is 2.16. The largest absolute Gasteiger partial charge is 0.377 e. The normalized spacial score (nSPS) is 11.4. The second kappa shape index (κ2) is 9.29. The molecule has 4 heteroatoms. The predicted molar refractivity (Wildman–Crippen MR) is 92.4 cm³/mol. The van der Waals surface area contributed by atoms with Crippen LogP contribution in [0.3, 0.4) is 0 Å². The predicted octanol–water partition coefficient (Wildman–Crippen LogP) is 3.95. The average molecular weight is 313 g/mol. The number of para-hydroxylation sites is 1. The van der Waals surface area contributed by atoms with Crippen LogP contribution in [0.4, 0.5) is 5.69 Å².